The Bertz CT molecular complexity index is 493. The van der Waals surface area contributed by atoms with Gasteiger partial charge < -0.3 is 0 Å². The average molecular weight is 244 g/mol. The minimum Gasteiger partial charge on any atom is -0.271 e. The van der Waals surface area contributed by atoms with Gasteiger partial charge in [0.15, 0.2) is 0 Å². The van der Waals surface area contributed by atoms with Crippen LogP contribution in [-0.4, -0.2) is 0 Å². The molecule has 0 amide bonds. The van der Waals surface area contributed by atoms with Crippen LogP contribution in [0, 0.1) is 0 Å². The SMILES string of the molecule is NNC(CC1Cc2ccccc21)c1ccsc1. The second-order valence-electron chi connectivity index (χ2n) is 4.61. The summed E-state index contributed by atoms with van der Waals surface area (Å²) in [5, 5.41) is 4.28. The van der Waals surface area contributed by atoms with E-state index in [1.807, 2.05) is 0 Å². The van der Waals surface area contributed by atoms with E-state index in [1.54, 1.807) is 11.3 Å². The van der Waals surface area contributed by atoms with Crippen LogP contribution < -0.4 is 11.3 Å². The number of hydrogen-bond donors (Lipinski definition) is 2. The topological polar surface area (TPSA) is 38.0 Å². The van der Waals surface area contributed by atoms with Gasteiger partial charge in [-0.1, -0.05) is 24.3 Å². The molecule has 1 aliphatic rings. The van der Waals surface area contributed by atoms with E-state index in [2.05, 4.69) is 46.5 Å². The van der Waals surface area contributed by atoms with Crippen molar-refractivity contribution in [2.24, 2.45) is 5.84 Å². The second-order valence-corrected chi connectivity index (χ2v) is 5.39. The molecule has 0 saturated heterocycles. The van der Waals surface area contributed by atoms with E-state index < -0.39 is 0 Å². The highest BCUT2D eigenvalue weighted by atomic mass is 32.1. The van der Waals surface area contributed by atoms with Gasteiger partial charge in [0.05, 0.1) is 0 Å². The molecule has 0 radical (unpaired) electrons. The zero-order valence-corrected chi connectivity index (χ0v) is 10.4. The Labute approximate surface area is 105 Å². The van der Waals surface area contributed by atoms with Crippen LogP contribution in [-0.2, 0) is 6.42 Å². The number of nitrogens with one attached hydrogen (secondary N) is 1. The molecule has 1 heterocycles. The van der Waals surface area contributed by atoms with Crippen LogP contribution >= 0.6 is 11.3 Å². The maximum Gasteiger partial charge on any atom is 0.0474 e. The van der Waals surface area contributed by atoms with Crippen LogP contribution in [0.4, 0.5) is 0 Å². The number of nitrogens with two attached hydrogens (primary N) is 1. The van der Waals surface area contributed by atoms with Crippen LogP contribution in [0.25, 0.3) is 0 Å². The molecular weight excluding hydrogens is 228 g/mol. The molecule has 3 rings (SSSR count). The molecule has 1 aromatic heterocycles. The fourth-order valence-electron chi connectivity index (χ4n) is 2.63. The van der Waals surface area contributed by atoms with Crippen molar-refractivity contribution in [3.63, 3.8) is 0 Å². The van der Waals surface area contributed by atoms with Gasteiger partial charge in [0.2, 0.25) is 0 Å². The van der Waals surface area contributed by atoms with Crippen LogP contribution in [0.1, 0.15) is 35.1 Å². The number of benzene rings is 1. The van der Waals surface area contributed by atoms with Gasteiger partial charge in [0, 0.05) is 6.04 Å². The Morgan fingerprint density at radius 3 is 2.94 bits per heavy atom. The van der Waals surface area contributed by atoms with Crippen molar-refractivity contribution in [2.75, 3.05) is 0 Å². The van der Waals surface area contributed by atoms with E-state index in [9.17, 15) is 0 Å². The number of hydrogen-bond acceptors (Lipinski definition) is 3. The summed E-state index contributed by atoms with van der Waals surface area (Å²) >= 11 is 1.73. The lowest BCUT2D eigenvalue weighted by molar-refractivity contribution is 0.436. The van der Waals surface area contributed by atoms with Crippen molar-refractivity contribution in [1.29, 1.82) is 0 Å². The maximum absolute atomic E-state index is 5.67. The van der Waals surface area contributed by atoms with Gasteiger partial charge in [0.1, 0.15) is 0 Å². The van der Waals surface area contributed by atoms with Crippen LogP contribution in [0.15, 0.2) is 41.1 Å². The van der Waals surface area contributed by atoms with Gasteiger partial charge in [-0.25, -0.2) is 0 Å². The highest BCUT2D eigenvalue weighted by Gasteiger charge is 2.28. The second kappa shape index (κ2) is 4.61. The van der Waals surface area contributed by atoms with E-state index >= 15 is 0 Å². The Morgan fingerprint density at radius 2 is 2.24 bits per heavy atom. The number of rotatable bonds is 4. The van der Waals surface area contributed by atoms with Gasteiger partial charge in [-0.3, -0.25) is 11.3 Å². The summed E-state index contributed by atoms with van der Waals surface area (Å²) in [5.74, 6) is 6.33. The third kappa shape index (κ3) is 2.02. The van der Waals surface area contributed by atoms with Gasteiger partial charge in [-0.15, -0.1) is 0 Å². The van der Waals surface area contributed by atoms with Crippen molar-refractivity contribution >= 4 is 11.3 Å². The largest absolute Gasteiger partial charge is 0.271 e. The zero-order chi connectivity index (χ0) is 11.7. The Kier molecular flexibility index (Phi) is 2.97. The summed E-state index contributed by atoms with van der Waals surface area (Å²) in [6.45, 7) is 0. The molecule has 2 atom stereocenters. The fourth-order valence-corrected chi connectivity index (χ4v) is 3.35. The van der Waals surface area contributed by atoms with Crippen molar-refractivity contribution in [1.82, 2.24) is 5.43 Å². The van der Waals surface area contributed by atoms with Gasteiger partial charge in [-0.2, -0.15) is 11.3 Å². The highest BCUT2D eigenvalue weighted by molar-refractivity contribution is 7.07. The van der Waals surface area contributed by atoms with Crippen molar-refractivity contribution < 1.29 is 0 Å². The minimum absolute atomic E-state index is 0.277. The van der Waals surface area contributed by atoms with Crippen molar-refractivity contribution in [2.45, 2.75) is 24.8 Å². The van der Waals surface area contributed by atoms with Crippen molar-refractivity contribution in [3.05, 3.63) is 57.8 Å². The first-order chi connectivity index (χ1) is 8.38. The average Bonchev–Trinajstić information content (AvgIpc) is 2.84. The molecule has 0 saturated carbocycles. The summed E-state index contributed by atoms with van der Waals surface area (Å²) in [6.07, 6.45) is 2.28. The standard InChI is InChI=1S/C14H16N2S/c15-16-14(11-5-6-17-9-11)8-12-7-10-3-1-2-4-13(10)12/h1-6,9,12,14,16H,7-8,15H2. The lowest BCUT2D eigenvalue weighted by Gasteiger charge is -2.32. The first-order valence-electron chi connectivity index (χ1n) is 5.94. The van der Waals surface area contributed by atoms with E-state index in [1.165, 1.54) is 23.1 Å². The lowest BCUT2D eigenvalue weighted by atomic mass is 9.74. The monoisotopic (exact) mass is 244 g/mol. The number of fused-ring (bicyclic) bond motifs is 1. The van der Waals surface area contributed by atoms with Gasteiger partial charge in [-0.05, 0) is 52.3 Å². The van der Waals surface area contributed by atoms with E-state index in [0.29, 0.717) is 5.92 Å². The van der Waals surface area contributed by atoms with Gasteiger partial charge >= 0.3 is 0 Å². The molecule has 0 aliphatic heterocycles. The molecule has 88 valence electrons. The number of hydrazine groups is 1. The summed E-state index contributed by atoms with van der Waals surface area (Å²) in [6, 6.07) is 11.1. The summed E-state index contributed by atoms with van der Waals surface area (Å²) in [4.78, 5) is 0. The van der Waals surface area contributed by atoms with E-state index in [4.69, 9.17) is 5.84 Å². The van der Waals surface area contributed by atoms with Gasteiger partial charge in [0.25, 0.3) is 0 Å². The lowest BCUT2D eigenvalue weighted by Crippen LogP contribution is -2.31. The quantitative estimate of drug-likeness (QED) is 0.641. The Morgan fingerprint density at radius 1 is 1.35 bits per heavy atom. The molecule has 0 fully saturated rings. The predicted molar refractivity (Wildman–Crippen MR) is 71.9 cm³/mol. The first kappa shape index (κ1) is 11.0. The molecule has 1 aromatic carbocycles. The first-order valence-corrected chi connectivity index (χ1v) is 6.89. The van der Waals surface area contributed by atoms with Crippen LogP contribution in [0.5, 0.6) is 0 Å². The highest BCUT2D eigenvalue weighted by Crippen LogP contribution is 2.40. The van der Waals surface area contributed by atoms with Crippen LogP contribution in [0.2, 0.25) is 0 Å². The molecule has 2 aromatic rings. The predicted octanol–water partition coefficient (Wildman–Crippen LogP) is 2.98. The normalized spacial score (nSPS) is 19.5. The molecule has 1 aliphatic carbocycles. The molecule has 3 heteroatoms. The van der Waals surface area contributed by atoms with E-state index in [0.717, 1.165) is 6.42 Å². The minimum atomic E-state index is 0.277. The van der Waals surface area contributed by atoms with Crippen molar-refractivity contribution in [3.8, 4) is 0 Å². The zero-order valence-electron chi connectivity index (χ0n) is 9.60. The summed E-state index contributed by atoms with van der Waals surface area (Å²) in [5.41, 5.74) is 7.25. The smallest absolute Gasteiger partial charge is 0.0474 e. The summed E-state index contributed by atoms with van der Waals surface area (Å²) in [7, 11) is 0. The molecule has 17 heavy (non-hydrogen) atoms. The molecular formula is C14H16N2S. The molecule has 2 nitrogen and oxygen atoms in total. The molecule has 2 unspecified atom stereocenters. The molecule has 0 spiro atoms. The molecule has 3 N–H and O–H groups in total. The third-order valence-electron chi connectivity index (χ3n) is 3.63. The maximum atomic E-state index is 5.67. The Balaban J connectivity index is 1.73. The third-order valence-corrected chi connectivity index (χ3v) is 4.33. The molecule has 0 bridgehead atoms. The summed E-state index contributed by atoms with van der Waals surface area (Å²) < 4.78 is 0. The van der Waals surface area contributed by atoms with E-state index in [-0.39, 0.29) is 6.04 Å². The number of thiophene rings is 1. The fraction of sp³-hybridized carbons (Fsp3) is 0.286. The van der Waals surface area contributed by atoms with Crippen LogP contribution in [0.3, 0.4) is 0 Å². The Hall–Kier alpha value is -1.16.